The van der Waals surface area contributed by atoms with E-state index in [1.807, 2.05) is 13.8 Å². The first-order valence-electron chi connectivity index (χ1n) is 9.96. The lowest BCUT2D eigenvalue weighted by Crippen LogP contribution is -2.07. The van der Waals surface area contributed by atoms with E-state index in [0.717, 1.165) is 5.69 Å². The first-order chi connectivity index (χ1) is 15.8. The third-order valence-electron chi connectivity index (χ3n) is 5.10. The molecule has 4 aromatic rings. The highest BCUT2D eigenvalue weighted by Crippen LogP contribution is 2.35. The van der Waals surface area contributed by atoms with Gasteiger partial charge in [0.15, 0.2) is 17.3 Å². The van der Waals surface area contributed by atoms with Crippen LogP contribution in [0.5, 0.6) is 11.5 Å². The second-order valence-electron chi connectivity index (χ2n) is 7.29. The average molecular weight is 458 g/mol. The zero-order valence-corrected chi connectivity index (χ0v) is 18.4. The summed E-state index contributed by atoms with van der Waals surface area (Å²) in [5, 5.41) is 8.82. The van der Waals surface area contributed by atoms with E-state index in [2.05, 4.69) is 20.2 Å². The van der Waals surface area contributed by atoms with Crippen molar-refractivity contribution < 1.29 is 22.6 Å². The number of aromatic nitrogens is 6. The average Bonchev–Trinajstić information content (AvgIpc) is 3.23. The molecular weight excluding hydrogens is 437 g/mol. The van der Waals surface area contributed by atoms with E-state index in [-0.39, 0.29) is 17.9 Å². The molecule has 3 heterocycles. The monoisotopic (exact) mass is 458 g/mol. The van der Waals surface area contributed by atoms with Crippen LogP contribution in [0.1, 0.15) is 22.8 Å². The predicted octanol–water partition coefficient (Wildman–Crippen LogP) is 4.02. The van der Waals surface area contributed by atoms with E-state index in [9.17, 15) is 13.2 Å². The molecule has 0 N–H and O–H groups in total. The largest absolute Gasteiger partial charge is 0.493 e. The van der Waals surface area contributed by atoms with Gasteiger partial charge in [0.05, 0.1) is 18.5 Å². The standard InChI is InChI=1S/C22H21F3N6O2/c1-12-20(32-4)13(2)31(28-12)18-10-16(26-11-27-18)9-17-21(33-22(24)25)19(30(3)29-17)14-5-7-15(23)8-6-14/h5-8,10-11,22H,9H2,1-4H3. The van der Waals surface area contributed by atoms with Crippen molar-refractivity contribution in [3.8, 4) is 28.6 Å². The number of benzene rings is 1. The van der Waals surface area contributed by atoms with E-state index < -0.39 is 12.4 Å². The van der Waals surface area contributed by atoms with Gasteiger partial charge in [-0.25, -0.2) is 19.0 Å². The van der Waals surface area contributed by atoms with Gasteiger partial charge in [-0.05, 0) is 38.1 Å². The van der Waals surface area contributed by atoms with Gasteiger partial charge in [0, 0.05) is 25.1 Å². The Balaban J connectivity index is 1.73. The van der Waals surface area contributed by atoms with Gasteiger partial charge < -0.3 is 9.47 Å². The third kappa shape index (κ3) is 4.38. The molecule has 0 aliphatic heterocycles. The van der Waals surface area contributed by atoms with Crippen LogP contribution >= 0.6 is 0 Å². The van der Waals surface area contributed by atoms with Crippen molar-refractivity contribution >= 4 is 0 Å². The van der Waals surface area contributed by atoms with Crippen molar-refractivity contribution in [2.24, 2.45) is 7.05 Å². The Hall–Kier alpha value is -3.89. The highest BCUT2D eigenvalue weighted by atomic mass is 19.3. The summed E-state index contributed by atoms with van der Waals surface area (Å²) in [6, 6.07) is 7.14. The number of alkyl halides is 2. The first-order valence-corrected chi connectivity index (χ1v) is 9.96. The molecule has 4 rings (SSSR count). The van der Waals surface area contributed by atoms with Crippen molar-refractivity contribution in [1.29, 1.82) is 0 Å². The lowest BCUT2D eigenvalue weighted by molar-refractivity contribution is -0.0500. The van der Waals surface area contributed by atoms with Gasteiger partial charge in [-0.2, -0.15) is 19.0 Å². The van der Waals surface area contributed by atoms with E-state index in [1.165, 1.54) is 35.3 Å². The van der Waals surface area contributed by atoms with E-state index >= 15 is 0 Å². The summed E-state index contributed by atoms with van der Waals surface area (Å²) in [5.41, 5.74) is 3.05. The number of nitrogens with zero attached hydrogens (tertiary/aromatic N) is 6. The summed E-state index contributed by atoms with van der Waals surface area (Å²) in [4.78, 5) is 8.53. The molecule has 0 aliphatic rings. The highest BCUT2D eigenvalue weighted by Gasteiger charge is 2.23. The Morgan fingerprint density at radius 3 is 2.39 bits per heavy atom. The minimum atomic E-state index is -3.06. The summed E-state index contributed by atoms with van der Waals surface area (Å²) >= 11 is 0. The quantitative estimate of drug-likeness (QED) is 0.416. The van der Waals surface area contributed by atoms with Crippen molar-refractivity contribution in [1.82, 2.24) is 29.5 Å². The Labute approximate surface area is 187 Å². The maximum Gasteiger partial charge on any atom is 0.387 e. The Morgan fingerprint density at radius 1 is 1.03 bits per heavy atom. The Bertz CT molecular complexity index is 1280. The van der Waals surface area contributed by atoms with E-state index in [0.29, 0.717) is 34.2 Å². The summed E-state index contributed by atoms with van der Waals surface area (Å²) in [7, 11) is 3.17. The van der Waals surface area contributed by atoms with Crippen molar-refractivity contribution in [2.45, 2.75) is 26.9 Å². The fraction of sp³-hybridized carbons (Fsp3) is 0.273. The molecule has 0 aliphatic carbocycles. The molecule has 1 aromatic carbocycles. The molecule has 0 radical (unpaired) electrons. The van der Waals surface area contributed by atoms with Gasteiger partial charge in [-0.3, -0.25) is 4.68 Å². The fourth-order valence-electron chi connectivity index (χ4n) is 3.73. The Morgan fingerprint density at radius 2 is 1.76 bits per heavy atom. The Kier molecular flexibility index (Phi) is 6.03. The second kappa shape index (κ2) is 8.93. The molecule has 3 aromatic heterocycles. The van der Waals surface area contributed by atoms with Gasteiger partial charge in [0.25, 0.3) is 0 Å². The highest BCUT2D eigenvalue weighted by molar-refractivity contribution is 5.68. The minimum absolute atomic E-state index is 0.0907. The number of hydrogen-bond acceptors (Lipinski definition) is 6. The van der Waals surface area contributed by atoms with Crippen LogP contribution in [0.15, 0.2) is 36.7 Å². The first kappa shape index (κ1) is 22.3. The molecule has 0 fully saturated rings. The topological polar surface area (TPSA) is 79.9 Å². The molecule has 11 heteroatoms. The molecular formula is C22H21F3N6O2. The van der Waals surface area contributed by atoms with Crippen LogP contribution < -0.4 is 9.47 Å². The predicted molar refractivity (Wildman–Crippen MR) is 113 cm³/mol. The maximum absolute atomic E-state index is 13.4. The normalized spacial score (nSPS) is 11.3. The molecule has 0 amide bonds. The number of rotatable bonds is 7. The zero-order valence-electron chi connectivity index (χ0n) is 18.4. The van der Waals surface area contributed by atoms with Crippen LogP contribution in [0.4, 0.5) is 13.2 Å². The minimum Gasteiger partial charge on any atom is -0.493 e. The smallest absolute Gasteiger partial charge is 0.387 e. The van der Waals surface area contributed by atoms with Gasteiger partial charge in [-0.15, -0.1) is 0 Å². The summed E-state index contributed by atoms with van der Waals surface area (Å²) in [6.45, 7) is 0.613. The number of halogens is 3. The van der Waals surface area contributed by atoms with Gasteiger partial charge in [0.2, 0.25) is 0 Å². The number of ether oxygens (including phenoxy) is 2. The molecule has 172 valence electrons. The second-order valence-corrected chi connectivity index (χ2v) is 7.29. The van der Waals surface area contributed by atoms with Crippen LogP contribution in [0.25, 0.3) is 17.1 Å². The third-order valence-corrected chi connectivity index (χ3v) is 5.10. The zero-order chi connectivity index (χ0) is 23.7. The number of methoxy groups -OCH3 is 1. The maximum atomic E-state index is 13.4. The molecule has 0 saturated carbocycles. The molecule has 0 saturated heterocycles. The van der Waals surface area contributed by atoms with Crippen LogP contribution in [-0.2, 0) is 13.5 Å². The van der Waals surface area contributed by atoms with Gasteiger partial charge in [0.1, 0.15) is 29.2 Å². The van der Waals surface area contributed by atoms with Crippen molar-refractivity contribution in [2.75, 3.05) is 7.11 Å². The van der Waals surface area contributed by atoms with E-state index in [1.54, 1.807) is 24.9 Å². The number of aryl methyl sites for hydroxylation is 2. The van der Waals surface area contributed by atoms with Crippen molar-refractivity contribution in [3.63, 3.8) is 0 Å². The summed E-state index contributed by atoms with van der Waals surface area (Å²) < 4.78 is 53.1. The fourth-order valence-corrected chi connectivity index (χ4v) is 3.73. The molecule has 33 heavy (non-hydrogen) atoms. The molecule has 0 spiro atoms. The lowest BCUT2D eigenvalue weighted by Gasteiger charge is -2.09. The molecule has 8 nitrogen and oxygen atoms in total. The van der Waals surface area contributed by atoms with Gasteiger partial charge in [-0.1, -0.05) is 0 Å². The van der Waals surface area contributed by atoms with Crippen LogP contribution in [0, 0.1) is 19.7 Å². The van der Waals surface area contributed by atoms with Crippen molar-refractivity contribution in [3.05, 3.63) is 65.3 Å². The molecule has 0 unspecified atom stereocenters. The summed E-state index contributed by atoms with van der Waals surface area (Å²) in [6.07, 6.45) is 1.47. The molecule has 0 atom stereocenters. The van der Waals surface area contributed by atoms with Gasteiger partial charge >= 0.3 is 6.61 Å². The molecule has 0 bridgehead atoms. The lowest BCUT2D eigenvalue weighted by atomic mass is 10.1. The number of hydrogen-bond donors (Lipinski definition) is 0. The van der Waals surface area contributed by atoms with Crippen LogP contribution in [-0.4, -0.2) is 43.3 Å². The van der Waals surface area contributed by atoms with E-state index in [4.69, 9.17) is 9.47 Å². The summed E-state index contributed by atoms with van der Waals surface area (Å²) in [5.74, 6) is 0.616. The van der Waals surface area contributed by atoms with Crippen LogP contribution in [0.2, 0.25) is 0 Å². The van der Waals surface area contributed by atoms with Crippen LogP contribution in [0.3, 0.4) is 0 Å². The SMILES string of the molecule is COc1c(C)nn(-c2cc(Cc3nn(C)c(-c4ccc(F)cc4)c3OC(F)F)ncn2)c1C.